The lowest BCUT2D eigenvalue weighted by atomic mass is 9.99. The molecule has 2 aromatic rings. The number of nitrogens with one attached hydrogen (secondary N) is 1. The first-order chi connectivity index (χ1) is 10.2. The second-order valence-electron chi connectivity index (χ2n) is 4.50. The molecule has 1 N–H and O–H groups in total. The van der Waals surface area contributed by atoms with Gasteiger partial charge in [-0.3, -0.25) is 4.98 Å². The zero-order chi connectivity index (χ0) is 15.2. The molecular weight excluding hydrogens is 332 g/mol. The Balaban J connectivity index is 2.50. The van der Waals surface area contributed by atoms with Gasteiger partial charge in [-0.25, -0.2) is 0 Å². The minimum absolute atomic E-state index is 0.0622. The normalized spacial score (nSPS) is 12.0. The van der Waals surface area contributed by atoms with Crippen molar-refractivity contribution in [2.24, 2.45) is 0 Å². The summed E-state index contributed by atoms with van der Waals surface area (Å²) in [6.45, 7) is 2.94. The number of hydrogen-bond donors (Lipinski definition) is 1. The Morgan fingerprint density at radius 3 is 2.33 bits per heavy atom. The van der Waals surface area contributed by atoms with Crippen molar-refractivity contribution in [1.29, 1.82) is 0 Å². The summed E-state index contributed by atoms with van der Waals surface area (Å²) in [5.41, 5.74) is 2.25. The van der Waals surface area contributed by atoms with E-state index in [1.165, 1.54) is 0 Å². The van der Waals surface area contributed by atoms with Crippen molar-refractivity contribution < 1.29 is 9.47 Å². The number of pyridine rings is 1. The molecule has 1 atom stereocenters. The summed E-state index contributed by atoms with van der Waals surface area (Å²) in [5, 5.41) is 3.49. The van der Waals surface area contributed by atoms with Crippen LogP contribution in [-0.2, 0) is 0 Å². The molecule has 0 saturated heterocycles. The van der Waals surface area contributed by atoms with Crippen molar-refractivity contribution in [2.75, 3.05) is 20.8 Å². The number of halogens is 1. The van der Waals surface area contributed by atoms with Crippen molar-refractivity contribution in [2.45, 2.75) is 13.0 Å². The second kappa shape index (κ2) is 7.43. The molecular formula is C16H19BrN2O2. The number of ether oxygens (including phenoxy) is 2. The highest BCUT2D eigenvalue weighted by atomic mass is 79.9. The first kappa shape index (κ1) is 15.8. The summed E-state index contributed by atoms with van der Waals surface area (Å²) in [6, 6.07) is 8.01. The molecule has 1 heterocycles. The second-order valence-corrected chi connectivity index (χ2v) is 5.35. The van der Waals surface area contributed by atoms with Crippen LogP contribution in [0.3, 0.4) is 0 Å². The van der Waals surface area contributed by atoms with E-state index in [1.807, 2.05) is 24.3 Å². The maximum atomic E-state index is 5.41. The van der Waals surface area contributed by atoms with E-state index >= 15 is 0 Å². The third-order valence-corrected chi connectivity index (χ3v) is 3.95. The van der Waals surface area contributed by atoms with Gasteiger partial charge in [0.2, 0.25) is 0 Å². The van der Waals surface area contributed by atoms with Gasteiger partial charge in [-0.2, -0.15) is 0 Å². The minimum atomic E-state index is 0.0622. The lowest BCUT2D eigenvalue weighted by molar-refractivity contribution is 0.354. The molecule has 1 aromatic carbocycles. The Morgan fingerprint density at radius 1 is 1.14 bits per heavy atom. The van der Waals surface area contributed by atoms with Gasteiger partial charge in [0.15, 0.2) is 11.5 Å². The van der Waals surface area contributed by atoms with Crippen LogP contribution >= 0.6 is 15.9 Å². The smallest absolute Gasteiger partial charge is 0.161 e. The lowest BCUT2D eigenvalue weighted by Gasteiger charge is -2.21. The van der Waals surface area contributed by atoms with Gasteiger partial charge in [0.1, 0.15) is 0 Å². The highest BCUT2D eigenvalue weighted by Crippen LogP contribution is 2.37. The number of rotatable bonds is 6. The standard InChI is InChI=1S/C16H19BrN2O2/c1-4-19-16(11-5-7-18-8-6-11)12-9-14(20-2)15(21-3)10-13(12)17/h5-10,16,19H,4H2,1-3H3. The molecule has 0 aliphatic rings. The van der Waals surface area contributed by atoms with Gasteiger partial charge in [0.05, 0.1) is 20.3 Å². The van der Waals surface area contributed by atoms with Gasteiger partial charge in [-0.1, -0.05) is 22.9 Å². The molecule has 0 amide bonds. The van der Waals surface area contributed by atoms with Crippen LogP contribution < -0.4 is 14.8 Å². The van der Waals surface area contributed by atoms with Crippen molar-refractivity contribution in [3.63, 3.8) is 0 Å². The quantitative estimate of drug-likeness (QED) is 0.864. The van der Waals surface area contributed by atoms with Crippen LogP contribution in [0.2, 0.25) is 0 Å². The predicted octanol–water partition coefficient (Wildman–Crippen LogP) is 3.56. The minimum Gasteiger partial charge on any atom is -0.493 e. The van der Waals surface area contributed by atoms with Crippen LogP contribution in [0.4, 0.5) is 0 Å². The molecule has 5 heteroatoms. The van der Waals surface area contributed by atoms with E-state index in [9.17, 15) is 0 Å². The highest BCUT2D eigenvalue weighted by molar-refractivity contribution is 9.10. The fourth-order valence-electron chi connectivity index (χ4n) is 2.26. The largest absolute Gasteiger partial charge is 0.493 e. The lowest BCUT2D eigenvalue weighted by Crippen LogP contribution is -2.22. The molecule has 0 fully saturated rings. The molecule has 2 rings (SSSR count). The molecule has 4 nitrogen and oxygen atoms in total. The van der Waals surface area contributed by atoms with E-state index in [-0.39, 0.29) is 6.04 Å². The van der Waals surface area contributed by atoms with Gasteiger partial charge in [-0.15, -0.1) is 0 Å². The van der Waals surface area contributed by atoms with Crippen molar-refractivity contribution in [1.82, 2.24) is 10.3 Å². The Morgan fingerprint density at radius 2 is 1.76 bits per heavy atom. The Kier molecular flexibility index (Phi) is 5.59. The zero-order valence-corrected chi connectivity index (χ0v) is 14.0. The van der Waals surface area contributed by atoms with Crippen LogP contribution in [-0.4, -0.2) is 25.7 Å². The number of methoxy groups -OCH3 is 2. The fraction of sp³-hybridized carbons (Fsp3) is 0.312. The first-order valence-corrected chi connectivity index (χ1v) is 7.55. The molecule has 0 bridgehead atoms. The number of aromatic nitrogens is 1. The van der Waals surface area contributed by atoms with Gasteiger partial charge >= 0.3 is 0 Å². The third kappa shape index (κ3) is 3.54. The molecule has 0 saturated carbocycles. The van der Waals surface area contributed by atoms with Gasteiger partial charge in [-0.05, 0) is 41.9 Å². The van der Waals surface area contributed by atoms with Crippen LogP contribution in [0.1, 0.15) is 24.1 Å². The Bertz CT molecular complexity index is 590. The molecule has 0 aliphatic carbocycles. The van der Waals surface area contributed by atoms with Crippen LogP contribution in [0.25, 0.3) is 0 Å². The SMILES string of the molecule is CCNC(c1ccncc1)c1cc(OC)c(OC)cc1Br. The van der Waals surface area contributed by atoms with E-state index in [0.29, 0.717) is 11.5 Å². The first-order valence-electron chi connectivity index (χ1n) is 6.76. The summed E-state index contributed by atoms with van der Waals surface area (Å²) < 4.78 is 11.7. The van der Waals surface area contributed by atoms with Gasteiger partial charge < -0.3 is 14.8 Å². The van der Waals surface area contributed by atoms with Crippen molar-refractivity contribution in [3.05, 3.63) is 52.3 Å². The molecule has 1 unspecified atom stereocenters. The van der Waals surface area contributed by atoms with E-state index in [2.05, 4.69) is 33.2 Å². The van der Waals surface area contributed by atoms with Crippen molar-refractivity contribution >= 4 is 15.9 Å². The molecule has 0 radical (unpaired) electrons. The molecule has 112 valence electrons. The summed E-state index contributed by atoms with van der Waals surface area (Å²) in [5.74, 6) is 1.42. The molecule has 0 aliphatic heterocycles. The summed E-state index contributed by atoms with van der Waals surface area (Å²) in [6.07, 6.45) is 3.60. The molecule has 0 spiro atoms. The summed E-state index contributed by atoms with van der Waals surface area (Å²) in [7, 11) is 3.28. The number of benzene rings is 1. The summed E-state index contributed by atoms with van der Waals surface area (Å²) >= 11 is 3.63. The average Bonchev–Trinajstić information content (AvgIpc) is 2.53. The van der Waals surface area contributed by atoms with E-state index in [4.69, 9.17) is 9.47 Å². The van der Waals surface area contributed by atoms with E-state index < -0.39 is 0 Å². The number of hydrogen-bond acceptors (Lipinski definition) is 4. The molecule has 1 aromatic heterocycles. The number of nitrogens with zero attached hydrogens (tertiary/aromatic N) is 1. The monoisotopic (exact) mass is 350 g/mol. The maximum Gasteiger partial charge on any atom is 0.161 e. The topological polar surface area (TPSA) is 43.4 Å². The molecule has 21 heavy (non-hydrogen) atoms. The maximum absolute atomic E-state index is 5.41. The Labute approximate surface area is 133 Å². The highest BCUT2D eigenvalue weighted by Gasteiger charge is 2.19. The van der Waals surface area contributed by atoms with Crippen LogP contribution in [0, 0.1) is 0 Å². The van der Waals surface area contributed by atoms with Crippen LogP contribution in [0.5, 0.6) is 11.5 Å². The predicted molar refractivity (Wildman–Crippen MR) is 87.0 cm³/mol. The Hall–Kier alpha value is -1.59. The van der Waals surface area contributed by atoms with E-state index in [1.54, 1.807) is 26.6 Å². The van der Waals surface area contributed by atoms with E-state index in [0.717, 1.165) is 22.1 Å². The third-order valence-electron chi connectivity index (χ3n) is 3.26. The zero-order valence-electron chi connectivity index (χ0n) is 12.4. The van der Waals surface area contributed by atoms with Gasteiger partial charge in [0, 0.05) is 16.9 Å². The van der Waals surface area contributed by atoms with Gasteiger partial charge in [0.25, 0.3) is 0 Å². The van der Waals surface area contributed by atoms with Crippen molar-refractivity contribution in [3.8, 4) is 11.5 Å². The van der Waals surface area contributed by atoms with Crippen LogP contribution in [0.15, 0.2) is 41.1 Å². The fourth-order valence-corrected chi connectivity index (χ4v) is 2.81. The summed E-state index contributed by atoms with van der Waals surface area (Å²) in [4.78, 5) is 4.08. The average molecular weight is 351 g/mol.